The van der Waals surface area contributed by atoms with Crippen LogP contribution < -0.4 is 5.32 Å². The van der Waals surface area contributed by atoms with E-state index in [0.29, 0.717) is 19.5 Å². The third kappa shape index (κ3) is 6.18. The maximum absolute atomic E-state index is 13.5. The van der Waals surface area contributed by atoms with Crippen LogP contribution in [0.4, 0.5) is 10.1 Å². The quantitative estimate of drug-likeness (QED) is 0.180. The molecule has 0 aliphatic rings. The Morgan fingerprint density at radius 3 is 2.44 bits per heavy atom. The summed E-state index contributed by atoms with van der Waals surface area (Å²) in [6.45, 7) is 0.985. The van der Waals surface area contributed by atoms with Crippen molar-refractivity contribution in [3.8, 4) is 0 Å². The molecule has 1 amide bonds. The minimum absolute atomic E-state index is 0.00366. The summed E-state index contributed by atoms with van der Waals surface area (Å²) in [6.07, 6.45) is 4.54. The Bertz CT molecular complexity index is 1580. The van der Waals surface area contributed by atoms with E-state index in [0.717, 1.165) is 33.3 Å². The molecule has 0 saturated carbocycles. The zero-order valence-electron chi connectivity index (χ0n) is 21.2. The molecule has 0 aliphatic carbocycles. The normalized spacial score (nSPS) is 11.8. The fraction of sp³-hybridized carbons (Fsp3) is 0.161. The number of aromatic nitrogens is 2. The summed E-state index contributed by atoms with van der Waals surface area (Å²) in [5, 5.41) is 15.2. The average Bonchev–Trinajstić information content (AvgIpc) is 3.31. The zero-order valence-corrected chi connectivity index (χ0v) is 21.2. The van der Waals surface area contributed by atoms with E-state index in [4.69, 9.17) is 0 Å². The lowest BCUT2D eigenvalue weighted by atomic mass is 9.88. The van der Waals surface area contributed by atoms with Crippen LogP contribution in [0.3, 0.4) is 0 Å². The number of non-ortho nitro benzene ring substituents is 1. The van der Waals surface area contributed by atoms with Crippen LogP contribution >= 0.6 is 0 Å². The molecule has 39 heavy (non-hydrogen) atoms. The third-order valence-electron chi connectivity index (χ3n) is 6.79. The molecular formula is C31H27FN4O3. The number of nitrogens with one attached hydrogen (secondary N) is 1. The van der Waals surface area contributed by atoms with Crippen molar-refractivity contribution in [1.82, 2.24) is 14.9 Å². The number of benzene rings is 3. The summed E-state index contributed by atoms with van der Waals surface area (Å²) < 4.78 is 15.6. The van der Waals surface area contributed by atoms with Crippen molar-refractivity contribution in [3.63, 3.8) is 0 Å². The average molecular weight is 523 g/mol. The zero-order chi connectivity index (χ0) is 27.2. The molecule has 0 aliphatic heterocycles. The number of fused-ring (bicyclic) bond motifs is 1. The summed E-state index contributed by atoms with van der Waals surface area (Å²) in [7, 11) is 0. The Morgan fingerprint density at radius 2 is 1.72 bits per heavy atom. The topological polar surface area (TPSA) is 90.1 Å². The predicted molar refractivity (Wildman–Crippen MR) is 148 cm³/mol. The summed E-state index contributed by atoms with van der Waals surface area (Å²) in [5.74, 6) is -0.742. The van der Waals surface area contributed by atoms with Gasteiger partial charge in [-0.3, -0.25) is 19.9 Å². The van der Waals surface area contributed by atoms with Gasteiger partial charge in [-0.05, 0) is 47.0 Å². The fourth-order valence-electron chi connectivity index (χ4n) is 4.84. The lowest BCUT2D eigenvalue weighted by Gasteiger charge is -2.17. The van der Waals surface area contributed by atoms with Crippen molar-refractivity contribution in [2.75, 3.05) is 6.54 Å². The molecule has 5 rings (SSSR count). The molecule has 5 aromatic rings. The Balaban J connectivity index is 1.46. The van der Waals surface area contributed by atoms with Crippen LogP contribution in [-0.2, 0) is 17.8 Å². The summed E-state index contributed by atoms with van der Waals surface area (Å²) in [6, 6.07) is 26.4. The number of rotatable bonds is 10. The summed E-state index contributed by atoms with van der Waals surface area (Å²) >= 11 is 0. The molecule has 0 spiro atoms. The molecule has 0 bridgehead atoms. The molecular weight excluding hydrogens is 495 g/mol. The largest absolute Gasteiger partial charge is 0.356 e. The maximum Gasteiger partial charge on any atom is 0.269 e. The van der Waals surface area contributed by atoms with Gasteiger partial charge in [0, 0.05) is 73.0 Å². The van der Waals surface area contributed by atoms with E-state index in [2.05, 4.69) is 14.9 Å². The summed E-state index contributed by atoms with van der Waals surface area (Å²) in [5.41, 5.74) is 4.58. The highest BCUT2D eigenvalue weighted by Crippen LogP contribution is 2.35. The standard InChI is InChI=1S/C31H27FN4O3/c32-24-12-8-22(9-13-24)20-35-21-29(27-6-1-2-7-30(27)35)28(23-10-14-26(15-11-23)36(38)39)19-31(37)34-18-16-25-5-3-4-17-33-25/h1-15,17,21,28H,16,18-20H2,(H,34,37)/t28-/m0/s1. The molecule has 0 radical (unpaired) electrons. The van der Waals surface area contributed by atoms with Gasteiger partial charge >= 0.3 is 0 Å². The number of carbonyl (C=O) groups is 1. The molecule has 2 aromatic heterocycles. The van der Waals surface area contributed by atoms with Crippen molar-refractivity contribution < 1.29 is 14.1 Å². The number of amides is 1. The lowest BCUT2D eigenvalue weighted by molar-refractivity contribution is -0.384. The highest BCUT2D eigenvalue weighted by atomic mass is 19.1. The molecule has 0 fully saturated rings. The Labute approximate surface area is 225 Å². The first-order valence-electron chi connectivity index (χ1n) is 12.7. The molecule has 2 heterocycles. The molecule has 8 heteroatoms. The number of hydrogen-bond acceptors (Lipinski definition) is 4. The van der Waals surface area contributed by atoms with Gasteiger partial charge in [0.25, 0.3) is 5.69 Å². The van der Waals surface area contributed by atoms with E-state index in [1.807, 2.05) is 48.7 Å². The number of para-hydroxylation sites is 1. The van der Waals surface area contributed by atoms with Gasteiger partial charge in [0.15, 0.2) is 0 Å². The van der Waals surface area contributed by atoms with Crippen molar-refractivity contribution in [2.45, 2.75) is 25.3 Å². The second-order valence-electron chi connectivity index (χ2n) is 9.38. The Morgan fingerprint density at radius 1 is 0.974 bits per heavy atom. The van der Waals surface area contributed by atoms with E-state index in [-0.39, 0.29) is 29.8 Å². The smallest absolute Gasteiger partial charge is 0.269 e. The van der Waals surface area contributed by atoms with Crippen LogP contribution in [0.2, 0.25) is 0 Å². The molecule has 0 unspecified atom stereocenters. The van der Waals surface area contributed by atoms with Gasteiger partial charge in [0.05, 0.1) is 4.92 Å². The first-order chi connectivity index (χ1) is 19.0. The summed E-state index contributed by atoms with van der Waals surface area (Å²) in [4.78, 5) is 28.3. The van der Waals surface area contributed by atoms with Crippen LogP contribution in [0.15, 0.2) is 103 Å². The highest BCUT2D eigenvalue weighted by molar-refractivity contribution is 5.87. The molecule has 7 nitrogen and oxygen atoms in total. The van der Waals surface area contributed by atoms with Gasteiger partial charge in [-0.15, -0.1) is 0 Å². The minimum atomic E-state index is -0.433. The predicted octanol–water partition coefficient (Wildman–Crippen LogP) is 6.01. The van der Waals surface area contributed by atoms with Gasteiger partial charge in [0.2, 0.25) is 5.91 Å². The minimum Gasteiger partial charge on any atom is -0.356 e. The number of halogens is 1. The number of nitro groups is 1. The first-order valence-corrected chi connectivity index (χ1v) is 12.7. The molecule has 3 aromatic carbocycles. The van der Waals surface area contributed by atoms with Gasteiger partial charge in [-0.25, -0.2) is 4.39 Å². The second kappa shape index (κ2) is 11.7. The number of carbonyl (C=O) groups excluding carboxylic acids is 1. The van der Waals surface area contributed by atoms with Crippen LogP contribution in [0.1, 0.15) is 34.7 Å². The van der Waals surface area contributed by atoms with E-state index in [1.54, 1.807) is 30.5 Å². The molecule has 1 N–H and O–H groups in total. The lowest BCUT2D eigenvalue weighted by Crippen LogP contribution is -2.27. The first kappa shape index (κ1) is 25.8. The van der Waals surface area contributed by atoms with E-state index >= 15 is 0 Å². The van der Waals surface area contributed by atoms with Gasteiger partial charge in [-0.1, -0.05) is 48.5 Å². The van der Waals surface area contributed by atoms with E-state index < -0.39 is 4.92 Å². The Hall–Kier alpha value is -4.85. The molecule has 1 atom stereocenters. The van der Waals surface area contributed by atoms with Crippen LogP contribution in [0.5, 0.6) is 0 Å². The third-order valence-corrected chi connectivity index (χ3v) is 6.79. The van der Waals surface area contributed by atoms with Gasteiger partial charge in [0.1, 0.15) is 5.82 Å². The van der Waals surface area contributed by atoms with Crippen molar-refractivity contribution in [1.29, 1.82) is 0 Å². The monoisotopic (exact) mass is 522 g/mol. The SMILES string of the molecule is O=C(C[C@@H](c1ccc([N+](=O)[O-])cc1)c1cn(Cc2ccc(F)cc2)c2ccccc12)NCCc1ccccn1. The maximum atomic E-state index is 13.5. The number of nitrogens with zero attached hydrogens (tertiary/aromatic N) is 3. The van der Waals surface area contributed by atoms with Crippen molar-refractivity contribution >= 4 is 22.5 Å². The van der Waals surface area contributed by atoms with Crippen LogP contribution in [-0.4, -0.2) is 26.9 Å². The van der Waals surface area contributed by atoms with Crippen LogP contribution in [0.25, 0.3) is 10.9 Å². The fourth-order valence-corrected chi connectivity index (χ4v) is 4.84. The van der Waals surface area contributed by atoms with E-state index in [9.17, 15) is 19.3 Å². The number of pyridine rings is 1. The molecule has 0 saturated heterocycles. The van der Waals surface area contributed by atoms with Gasteiger partial charge < -0.3 is 9.88 Å². The number of hydrogen-bond donors (Lipinski definition) is 1. The highest BCUT2D eigenvalue weighted by Gasteiger charge is 2.23. The molecule has 196 valence electrons. The Kier molecular flexibility index (Phi) is 7.73. The van der Waals surface area contributed by atoms with Crippen molar-refractivity contribution in [3.05, 3.63) is 142 Å². The van der Waals surface area contributed by atoms with Crippen LogP contribution in [0, 0.1) is 15.9 Å². The van der Waals surface area contributed by atoms with Gasteiger partial charge in [-0.2, -0.15) is 0 Å². The van der Waals surface area contributed by atoms with E-state index in [1.165, 1.54) is 24.3 Å². The van der Waals surface area contributed by atoms with Crippen molar-refractivity contribution in [2.24, 2.45) is 0 Å². The second-order valence-corrected chi connectivity index (χ2v) is 9.38. The number of nitro benzene ring substituents is 1.